The summed E-state index contributed by atoms with van der Waals surface area (Å²) < 4.78 is 16.5. The van der Waals surface area contributed by atoms with Gasteiger partial charge in [-0.25, -0.2) is 4.39 Å². The largest absolute Gasteiger partial charge is 0.298 e. The van der Waals surface area contributed by atoms with Crippen molar-refractivity contribution in [1.82, 2.24) is 14.8 Å². The minimum atomic E-state index is -0.355. The van der Waals surface area contributed by atoms with E-state index in [0.29, 0.717) is 22.3 Å². The molecule has 0 unspecified atom stereocenters. The Bertz CT molecular complexity index is 1450. The summed E-state index contributed by atoms with van der Waals surface area (Å²) in [5.74, 6) is 0.661. The predicted molar refractivity (Wildman–Crippen MR) is 148 cm³/mol. The van der Waals surface area contributed by atoms with E-state index >= 15 is 0 Å². The normalized spacial score (nSPS) is 19.0. The summed E-state index contributed by atoms with van der Waals surface area (Å²) in [5.41, 5.74) is 7.67. The molecular weight excluding hydrogens is 481 g/mol. The summed E-state index contributed by atoms with van der Waals surface area (Å²) in [4.78, 5) is 13.2. The van der Waals surface area contributed by atoms with Gasteiger partial charge in [0.05, 0.1) is 11.3 Å². The van der Waals surface area contributed by atoms with E-state index in [2.05, 4.69) is 50.0 Å². The number of hydrogen-bond acceptors (Lipinski definition) is 4. The predicted octanol–water partition coefficient (Wildman–Crippen LogP) is 7.34. The first-order chi connectivity index (χ1) is 17.7. The van der Waals surface area contributed by atoms with E-state index in [-0.39, 0.29) is 22.9 Å². The molecule has 190 valence electrons. The quantitative estimate of drug-likeness (QED) is 0.243. The molecule has 3 aromatic carbocycles. The molecule has 0 amide bonds. The molecule has 1 saturated carbocycles. The topological polar surface area (TPSA) is 47.8 Å². The van der Waals surface area contributed by atoms with Crippen LogP contribution in [0.2, 0.25) is 0 Å². The second-order valence-electron chi connectivity index (χ2n) is 10.7. The molecule has 6 heteroatoms. The third-order valence-corrected chi connectivity index (χ3v) is 8.46. The molecule has 0 saturated heterocycles. The van der Waals surface area contributed by atoms with E-state index in [1.807, 2.05) is 35.8 Å². The van der Waals surface area contributed by atoms with Crippen molar-refractivity contribution in [3.8, 4) is 17.1 Å². The molecule has 4 aromatic rings. The van der Waals surface area contributed by atoms with Gasteiger partial charge in [0, 0.05) is 11.6 Å². The van der Waals surface area contributed by atoms with Crippen LogP contribution < -0.4 is 0 Å². The van der Waals surface area contributed by atoms with E-state index in [9.17, 15) is 9.18 Å². The van der Waals surface area contributed by atoms with E-state index < -0.39 is 0 Å². The van der Waals surface area contributed by atoms with Gasteiger partial charge in [-0.2, -0.15) is 0 Å². The van der Waals surface area contributed by atoms with Gasteiger partial charge in [0.2, 0.25) is 0 Å². The zero-order valence-electron chi connectivity index (χ0n) is 22.0. The SMILES string of the molecule is Cc1ccc(-n2c(SCC(=O)C3CC(C)(c4c(C)cc(C)cc4C)C3)nnc2-c2ccccc2F)cc1. The van der Waals surface area contributed by atoms with Crippen LogP contribution in [0, 0.1) is 39.4 Å². The second-order valence-corrected chi connectivity index (χ2v) is 11.6. The molecule has 0 N–H and O–H groups in total. The Balaban J connectivity index is 1.35. The lowest BCUT2D eigenvalue weighted by molar-refractivity contribution is -0.124. The molecule has 0 bridgehead atoms. The molecule has 37 heavy (non-hydrogen) atoms. The maximum absolute atomic E-state index is 14.7. The highest BCUT2D eigenvalue weighted by Gasteiger charge is 2.46. The standard InChI is InChI=1S/C31H32FN3OS/c1-19-10-12-24(13-11-19)35-29(25-8-6-7-9-26(25)32)33-34-30(35)37-18-27(36)23-16-31(5,17-23)28-21(3)14-20(2)15-22(28)4/h6-15,23H,16-18H2,1-5H3. The van der Waals surface area contributed by atoms with E-state index in [0.717, 1.165) is 24.1 Å². The highest BCUT2D eigenvalue weighted by Crippen LogP contribution is 2.50. The number of carbonyl (C=O) groups is 1. The summed E-state index contributed by atoms with van der Waals surface area (Å²) in [5, 5.41) is 9.29. The minimum absolute atomic E-state index is 0.0345. The molecule has 1 aliphatic carbocycles. The van der Waals surface area contributed by atoms with Gasteiger partial charge in [0.25, 0.3) is 0 Å². The fraction of sp³-hybridized carbons (Fsp3) is 0.323. The van der Waals surface area contributed by atoms with Gasteiger partial charge in [-0.15, -0.1) is 10.2 Å². The number of aromatic nitrogens is 3. The number of carbonyl (C=O) groups excluding carboxylic acids is 1. The number of Topliss-reactive ketones (excluding diaryl/α,β-unsaturated/α-hetero) is 1. The van der Waals surface area contributed by atoms with Gasteiger partial charge in [0.1, 0.15) is 11.6 Å². The maximum Gasteiger partial charge on any atom is 0.196 e. The number of rotatable bonds is 7. The first-order valence-electron chi connectivity index (χ1n) is 12.7. The van der Waals surface area contributed by atoms with Crippen LogP contribution in [0.1, 0.15) is 47.6 Å². The number of thioether (sulfide) groups is 1. The molecular formula is C31H32FN3OS. The van der Waals surface area contributed by atoms with Crippen LogP contribution in [-0.2, 0) is 10.2 Å². The Morgan fingerprint density at radius 1 is 0.973 bits per heavy atom. The maximum atomic E-state index is 14.7. The number of benzene rings is 3. The van der Waals surface area contributed by atoms with Gasteiger partial charge < -0.3 is 0 Å². The summed E-state index contributed by atoms with van der Waals surface area (Å²) >= 11 is 1.37. The van der Waals surface area contributed by atoms with Crippen LogP contribution in [-0.4, -0.2) is 26.3 Å². The molecule has 4 nitrogen and oxygen atoms in total. The van der Waals surface area contributed by atoms with Crippen LogP contribution >= 0.6 is 11.8 Å². The van der Waals surface area contributed by atoms with Crippen molar-refractivity contribution in [2.75, 3.05) is 5.75 Å². The molecule has 1 aliphatic rings. The van der Waals surface area contributed by atoms with Crippen molar-refractivity contribution in [3.63, 3.8) is 0 Å². The lowest BCUT2D eigenvalue weighted by atomic mass is 9.57. The zero-order chi connectivity index (χ0) is 26.3. The fourth-order valence-corrected chi connectivity index (χ4v) is 6.88. The monoisotopic (exact) mass is 513 g/mol. The molecule has 5 rings (SSSR count). The number of ketones is 1. The smallest absolute Gasteiger partial charge is 0.196 e. The van der Waals surface area contributed by atoms with E-state index in [4.69, 9.17) is 0 Å². The number of aryl methyl sites for hydroxylation is 4. The molecule has 0 radical (unpaired) electrons. The van der Waals surface area contributed by atoms with Gasteiger partial charge in [-0.3, -0.25) is 9.36 Å². The van der Waals surface area contributed by atoms with E-state index in [1.54, 1.807) is 18.2 Å². The first-order valence-corrected chi connectivity index (χ1v) is 13.7. The first kappa shape index (κ1) is 25.4. The van der Waals surface area contributed by atoms with Gasteiger partial charge in [-0.05, 0) is 86.9 Å². The molecule has 1 fully saturated rings. The summed E-state index contributed by atoms with van der Waals surface area (Å²) in [6.07, 6.45) is 1.73. The van der Waals surface area contributed by atoms with Crippen molar-refractivity contribution >= 4 is 17.5 Å². The van der Waals surface area contributed by atoms with Crippen molar-refractivity contribution in [3.05, 3.63) is 94.3 Å². The minimum Gasteiger partial charge on any atom is -0.298 e. The number of halogens is 1. The average molecular weight is 514 g/mol. The Morgan fingerprint density at radius 2 is 1.62 bits per heavy atom. The van der Waals surface area contributed by atoms with E-state index in [1.165, 1.54) is 40.1 Å². The highest BCUT2D eigenvalue weighted by atomic mass is 32.2. The summed E-state index contributed by atoms with van der Waals surface area (Å²) in [6.45, 7) is 10.8. The fourth-order valence-electron chi connectivity index (χ4n) is 5.95. The molecule has 0 atom stereocenters. The van der Waals surface area contributed by atoms with Gasteiger partial charge >= 0.3 is 0 Å². The van der Waals surface area contributed by atoms with Crippen LogP contribution in [0.5, 0.6) is 0 Å². The highest BCUT2D eigenvalue weighted by molar-refractivity contribution is 7.99. The molecule has 0 aliphatic heterocycles. The Hall–Kier alpha value is -3.25. The Morgan fingerprint density at radius 3 is 2.27 bits per heavy atom. The third kappa shape index (κ3) is 4.87. The van der Waals surface area contributed by atoms with Crippen LogP contribution in [0.25, 0.3) is 17.1 Å². The summed E-state index contributed by atoms with van der Waals surface area (Å²) in [6, 6.07) is 19.0. The third-order valence-electron chi connectivity index (χ3n) is 7.51. The van der Waals surface area contributed by atoms with Crippen molar-refractivity contribution in [2.24, 2.45) is 5.92 Å². The van der Waals surface area contributed by atoms with Crippen LogP contribution in [0.4, 0.5) is 4.39 Å². The lowest BCUT2D eigenvalue weighted by Crippen LogP contribution is -2.43. The summed E-state index contributed by atoms with van der Waals surface area (Å²) in [7, 11) is 0. The zero-order valence-corrected chi connectivity index (χ0v) is 22.8. The lowest BCUT2D eigenvalue weighted by Gasteiger charge is -2.46. The Labute approximate surface area is 222 Å². The number of nitrogens with zero attached hydrogens (tertiary/aromatic N) is 3. The van der Waals surface area contributed by atoms with Crippen LogP contribution in [0.3, 0.4) is 0 Å². The van der Waals surface area contributed by atoms with Gasteiger partial charge in [0.15, 0.2) is 11.0 Å². The number of hydrogen-bond donors (Lipinski definition) is 0. The second kappa shape index (κ2) is 9.90. The van der Waals surface area contributed by atoms with Crippen molar-refractivity contribution in [2.45, 2.75) is 58.0 Å². The van der Waals surface area contributed by atoms with Crippen molar-refractivity contribution in [1.29, 1.82) is 0 Å². The molecule has 0 spiro atoms. The Kier molecular flexibility index (Phi) is 6.80. The van der Waals surface area contributed by atoms with Gasteiger partial charge in [-0.1, -0.05) is 66.2 Å². The molecule has 1 aromatic heterocycles. The average Bonchev–Trinajstić information content (AvgIpc) is 3.24. The van der Waals surface area contributed by atoms with Crippen LogP contribution in [0.15, 0.2) is 65.8 Å². The molecule has 1 heterocycles. The van der Waals surface area contributed by atoms with Crippen molar-refractivity contribution < 1.29 is 9.18 Å².